The first-order valence-corrected chi connectivity index (χ1v) is 8.15. The lowest BCUT2D eigenvalue weighted by molar-refractivity contribution is -0.177. The summed E-state index contributed by atoms with van der Waals surface area (Å²) in [6.07, 6.45) is -0.630. The molecule has 0 saturated carbocycles. The molecule has 1 heterocycles. The van der Waals surface area contributed by atoms with Gasteiger partial charge in [-0.15, -0.1) is 0 Å². The molecule has 1 rings (SSSR count). The Morgan fingerprint density at radius 2 is 1.46 bits per heavy atom. The second-order valence-electron chi connectivity index (χ2n) is 8.10. The fourth-order valence-corrected chi connectivity index (χ4v) is 2.39. The van der Waals surface area contributed by atoms with E-state index in [2.05, 4.69) is 0 Å². The number of hydrogen-bond acceptors (Lipinski definition) is 6. The number of likely N-dealkylation sites (tertiary alicyclic amines) is 1. The number of hydrogen-bond donors (Lipinski definition) is 0. The number of ether oxygens (including phenoxy) is 3. The van der Waals surface area contributed by atoms with Crippen LogP contribution in [0, 0.1) is 5.41 Å². The molecule has 0 N–H and O–H groups in total. The van der Waals surface area contributed by atoms with Gasteiger partial charge in [0.1, 0.15) is 16.6 Å². The maximum absolute atomic E-state index is 12.3. The van der Waals surface area contributed by atoms with Gasteiger partial charge in [0.05, 0.1) is 13.0 Å². The third-order valence-electron chi connectivity index (χ3n) is 3.25. The zero-order valence-electron chi connectivity index (χ0n) is 15.7. The minimum absolute atomic E-state index is 0.0833. The normalized spacial score (nSPS) is 16.9. The van der Waals surface area contributed by atoms with Gasteiger partial charge < -0.3 is 19.1 Å². The maximum atomic E-state index is 12.3. The van der Waals surface area contributed by atoms with Gasteiger partial charge in [-0.05, 0) is 48.5 Å². The van der Waals surface area contributed by atoms with E-state index in [4.69, 9.17) is 14.2 Å². The first-order chi connectivity index (χ1) is 10.8. The molecule has 0 bridgehead atoms. The van der Waals surface area contributed by atoms with E-state index in [0.29, 0.717) is 0 Å². The van der Waals surface area contributed by atoms with E-state index in [1.165, 1.54) is 4.90 Å². The van der Waals surface area contributed by atoms with Gasteiger partial charge >= 0.3 is 18.0 Å². The van der Waals surface area contributed by atoms with Crippen molar-refractivity contribution >= 4 is 18.0 Å². The summed E-state index contributed by atoms with van der Waals surface area (Å²) < 4.78 is 15.7. The number of rotatable bonds is 4. The van der Waals surface area contributed by atoms with Crippen molar-refractivity contribution < 1.29 is 28.6 Å². The molecule has 138 valence electrons. The first-order valence-electron chi connectivity index (χ1n) is 8.15. The van der Waals surface area contributed by atoms with Gasteiger partial charge in [0.25, 0.3) is 0 Å². The number of esters is 2. The highest BCUT2D eigenvalue weighted by Gasteiger charge is 2.55. The second kappa shape index (κ2) is 6.99. The fraction of sp³-hybridized carbons (Fsp3) is 0.824. The van der Waals surface area contributed by atoms with E-state index in [-0.39, 0.29) is 26.1 Å². The van der Waals surface area contributed by atoms with Crippen LogP contribution < -0.4 is 0 Å². The summed E-state index contributed by atoms with van der Waals surface area (Å²) in [5, 5.41) is 0. The van der Waals surface area contributed by atoms with Gasteiger partial charge in [0.15, 0.2) is 0 Å². The summed E-state index contributed by atoms with van der Waals surface area (Å²) in [4.78, 5) is 37.9. The summed E-state index contributed by atoms with van der Waals surface area (Å²) in [7, 11) is 0. The van der Waals surface area contributed by atoms with Crippen LogP contribution in [0.15, 0.2) is 0 Å². The van der Waals surface area contributed by atoms with E-state index >= 15 is 0 Å². The van der Waals surface area contributed by atoms with E-state index in [1.807, 2.05) is 0 Å². The highest BCUT2D eigenvalue weighted by atomic mass is 16.6. The largest absolute Gasteiger partial charge is 0.465 e. The first kappa shape index (κ1) is 20.3. The Bertz CT molecular complexity index is 494. The van der Waals surface area contributed by atoms with Crippen LogP contribution in [-0.2, 0) is 23.8 Å². The molecule has 1 aliphatic heterocycles. The Morgan fingerprint density at radius 3 is 1.88 bits per heavy atom. The van der Waals surface area contributed by atoms with Gasteiger partial charge in [-0.3, -0.25) is 9.59 Å². The predicted octanol–water partition coefficient (Wildman–Crippen LogP) is 2.52. The molecule has 7 nitrogen and oxygen atoms in total. The van der Waals surface area contributed by atoms with E-state index in [9.17, 15) is 14.4 Å². The third kappa shape index (κ3) is 5.69. The van der Waals surface area contributed by atoms with Crippen LogP contribution in [0.1, 0.15) is 54.9 Å². The van der Waals surface area contributed by atoms with Crippen molar-refractivity contribution in [3.63, 3.8) is 0 Å². The monoisotopic (exact) mass is 343 g/mol. The van der Waals surface area contributed by atoms with Crippen molar-refractivity contribution in [2.24, 2.45) is 5.41 Å². The Morgan fingerprint density at radius 1 is 0.958 bits per heavy atom. The van der Waals surface area contributed by atoms with Crippen LogP contribution >= 0.6 is 0 Å². The molecule has 1 saturated heterocycles. The van der Waals surface area contributed by atoms with E-state index < -0.39 is 34.6 Å². The SMILES string of the molecule is CCOC(=O)C1(CC(=O)OC(C)(C)C)CN(C(=O)OC(C)(C)C)C1. The van der Waals surface area contributed by atoms with Gasteiger partial charge in [-0.2, -0.15) is 0 Å². The highest BCUT2D eigenvalue weighted by molar-refractivity contribution is 5.87. The zero-order valence-corrected chi connectivity index (χ0v) is 15.7. The van der Waals surface area contributed by atoms with E-state index in [0.717, 1.165) is 0 Å². The Hall–Kier alpha value is -1.79. The number of carbonyl (C=O) groups is 3. The molecule has 0 aliphatic carbocycles. The van der Waals surface area contributed by atoms with Gasteiger partial charge in [0.2, 0.25) is 0 Å². The summed E-state index contributed by atoms with van der Waals surface area (Å²) in [5.74, 6) is -0.977. The van der Waals surface area contributed by atoms with Gasteiger partial charge in [-0.25, -0.2) is 4.79 Å². The molecule has 1 aliphatic rings. The minimum Gasteiger partial charge on any atom is -0.465 e. The Balaban J connectivity index is 2.77. The van der Waals surface area contributed by atoms with Crippen molar-refractivity contribution in [1.82, 2.24) is 4.90 Å². The summed E-state index contributed by atoms with van der Waals surface area (Å²) >= 11 is 0. The fourth-order valence-electron chi connectivity index (χ4n) is 2.39. The Labute approximate surface area is 143 Å². The van der Waals surface area contributed by atoms with Crippen molar-refractivity contribution in [2.75, 3.05) is 19.7 Å². The van der Waals surface area contributed by atoms with Gasteiger partial charge in [-0.1, -0.05) is 0 Å². The molecule has 0 atom stereocenters. The zero-order chi connectivity index (χ0) is 18.8. The second-order valence-corrected chi connectivity index (χ2v) is 8.10. The molecule has 0 unspecified atom stereocenters. The molecular weight excluding hydrogens is 314 g/mol. The van der Waals surface area contributed by atoms with Crippen LogP contribution in [-0.4, -0.2) is 53.8 Å². The van der Waals surface area contributed by atoms with Crippen LogP contribution in [0.4, 0.5) is 4.79 Å². The smallest absolute Gasteiger partial charge is 0.410 e. The quantitative estimate of drug-likeness (QED) is 0.576. The van der Waals surface area contributed by atoms with Crippen molar-refractivity contribution in [2.45, 2.75) is 66.1 Å². The maximum Gasteiger partial charge on any atom is 0.410 e. The Kier molecular flexibility index (Phi) is 5.90. The van der Waals surface area contributed by atoms with Crippen molar-refractivity contribution in [1.29, 1.82) is 0 Å². The molecule has 24 heavy (non-hydrogen) atoms. The molecule has 0 aromatic heterocycles. The van der Waals surface area contributed by atoms with E-state index in [1.54, 1.807) is 48.5 Å². The number of amides is 1. The number of nitrogens with zero attached hydrogens (tertiary/aromatic N) is 1. The third-order valence-corrected chi connectivity index (χ3v) is 3.25. The van der Waals surface area contributed by atoms with Crippen molar-refractivity contribution in [3.8, 4) is 0 Å². The number of carbonyl (C=O) groups excluding carboxylic acids is 3. The molecule has 0 spiro atoms. The lowest BCUT2D eigenvalue weighted by Gasteiger charge is -2.47. The average molecular weight is 343 g/mol. The standard InChI is InChI=1S/C17H29NO6/c1-8-22-13(20)17(9-12(19)23-15(2,3)4)10-18(11-17)14(21)24-16(5,6)7/h8-11H2,1-7H3. The average Bonchev–Trinajstić information content (AvgIpc) is 2.28. The van der Waals surface area contributed by atoms with Crippen LogP contribution in [0.5, 0.6) is 0 Å². The van der Waals surface area contributed by atoms with Crippen molar-refractivity contribution in [3.05, 3.63) is 0 Å². The van der Waals surface area contributed by atoms with Crippen LogP contribution in [0.25, 0.3) is 0 Å². The highest BCUT2D eigenvalue weighted by Crippen LogP contribution is 2.37. The summed E-state index contributed by atoms with van der Waals surface area (Å²) in [5.41, 5.74) is -2.32. The molecule has 0 radical (unpaired) electrons. The lowest BCUT2D eigenvalue weighted by atomic mass is 9.77. The van der Waals surface area contributed by atoms with Gasteiger partial charge in [0, 0.05) is 13.1 Å². The lowest BCUT2D eigenvalue weighted by Crippen LogP contribution is -2.64. The molecule has 1 amide bonds. The predicted molar refractivity (Wildman–Crippen MR) is 87.3 cm³/mol. The van der Waals surface area contributed by atoms with Crippen LogP contribution in [0.2, 0.25) is 0 Å². The molecule has 0 aromatic rings. The molecule has 1 fully saturated rings. The molecule has 0 aromatic carbocycles. The van der Waals surface area contributed by atoms with Crippen LogP contribution in [0.3, 0.4) is 0 Å². The minimum atomic E-state index is -1.06. The summed E-state index contributed by atoms with van der Waals surface area (Å²) in [6.45, 7) is 12.7. The summed E-state index contributed by atoms with van der Waals surface area (Å²) in [6, 6.07) is 0. The molecule has 7 heteroatoms. The topological polar surface area (TPSA) is 82.1 Å². The molecular formula is C17H29NO6.